The molecule has 0 bridgehead atoms. The number of fused-ring (bicyclic) bond motifs is 1. The van der Waals surface area contributed by atoms with E-state index in [9.17, 15) is 0 Å². The van der Waals surface area contributed by atoms with Gasteiger partial charge in [-0.2, -0.15) is 0 Å². The molecule has 12 heavy (non-hydrogen) atoms. The molecule has 0 saturated heterocycles. The van der Waals surface area contributed by atoms with E-state index in [4.69, 9.17) is 4.84 Å². The van der Waals surface area contributed by atoms with Crippen LogP contribution in [0.2, 0.25) is 0 Å². The number of hydrogen-bond donors (Lipinski definition) is 2. The van der Waals surface area contributed by atoms with Gasteiger partial charge in [-0.05, 0) is 24.3 Å². The maximum absolute atomic E-state index is 4.79. The van der Waals surface area contributed by atoms with Crippen LogP contribution in [-0.2, 0) is 4.84 Å². The van der Waals surface area contributed by atoms with Crippen molar-refractivity contribution in [2.75, 3.05) is 12.6 Å². The molecule has 0 aliphatic rings. The summed E-state index contributed by atoms with van der Waals surface area (Å²) in [5.41, 5.74) is 4.87. The first-order valence-corrected chi connectivity index (χ1v) is 3.76. The summed E-state index contributed by atoms with van der Waals surface area (Å²) in [6, 6.07) is 8.02. The summed E-state index contributed by atoms with van der Waals surface area (Å²) in [6.45, 7) is 0. The minimum Gasteiger partial charge on any atom is -0.361 e. The Balaban J connectivity index is 2.46. The lowest BCUT2D eigenvalue weighted by atomic mass is 10.2. The molecule has 0 radical (unpaired) electrons. The van der Waals surface area contributed by atoms with E-state index in [1.165, 1.54) is 5.39 Å². The summed E-state index contributed by atoms with van der Waals surface area (Å²) in [6.07, 6.45) is 1.92. The highest BCUT2D eigenvalue weighted by molar-refractivity contribution is 5.82. The Labute approximate surface area is 70.3 Å². The van der Waals surface area contributed by atoms with E-state index in [2.05, 4.69) is 10.5 Å². The number of rotatable bonds is 2. The van der Waals surface area contributed by atoms with E-state index in [0.29, 0.717) is 0 Å². The molecule has 62 valence electrons. The lowest BCUT2D eigenvalue weighted by Gasteiger charge is -2.01. The SMILES string of the molecule is CONc1ccc2[nH]ccc2c1. The van der Waals surface area contributed by atoms with Gasteiger partial charge in [0.25, 0.3) is 0 Å². The highest BCUT2D eigenvalue weighted by Gasteiger charge is 1.94. The van der Waals surface area contributed by atoms with Crippen molar-refractivity contribution in [3.05, 3.63) is 30.5 Å². The standard InChI is InChI=1S/C9H10N2O/c1-12-11-8-2-3-9-7(6-8)4-5-10-9/h2-6,10-11H,1H3. The van der Waals surface area contributed by atoms with Crippen LogP contribution >= 0.6 is 0 Å². The van der Waals surface area contributed by atoms with Crippen LogP contribution in [0.4, 0.5) is 5.69 Å². The topological polar surface area (TPSA) is 37.0 Å². The zero-order valence-corrected chi connectivity index (χ0v) is 6.79. The molecular weight excluding hydrogens is 152 g/mol. The van der Waals surface area contributed by atoms with Gasteiger partial charge in [0.15, 0.2) is 0 Å². The molecule has 0 fully saturated rings. The molecule has 1 aromatic heterocycles. The van der Waals surface area contributed by atoms with E-state index in [1.807, 2.05) is 30.5 Å². The van der Waals surface area contributed by atoms with Gasteiger partial charge in [0, 0.05) is 17.1 Å². The largest absolute Gasteiger partial charge is 0.361 e. The first-order valence-electron chi connectivity index (χ1n) is 3.76. The molecule has 2 rings (SSSR count). The van der Waals surface area contributed by atoms with E-state index < -0.39 is 0 Å². The highest BCUT2D eigenvalue weighted by atomic mass is 16.6. The second-order valence-corrected chi connectivity index (χ2v) is 2.59. The van der Waals surface area contributed by atoms with E-state index >= 15 is 0 Å². The lowest BCUT2D eigenvalue weighted by Crippen LogP contribution is -1.94. The predicted octanol–water partition coefficient (Wildman–Crippen LogP) is 2.14. The molecule has 0 aliphatic heterocycles. The summed E-state index contributed by atoms with van der Waals surface area (Å²) in [5.74, 6) is 0. The third kappa shape index (κ3) is 1.14. The maximum Gasteiger partial charge on any atom is 0.0636 e. The first-order chi connectivity index (χ1) is 5.90. The average molecular weight is 162 g/mol. The van der Waals surface area contributed by atoms with Gasteiger partial charge in [-0.3, -0.25) is 10.3 Å². The molecule has 0 saturated carbocycles. The summed E-state index contributed by atoms with van der Waals surface area (Å²) in [4.78, 5) is 7.91. The Morgan fingerprint density at radius 1 is 1.33 bits per heavy atom. The third-order valence-corrected chi connectivity index (χ3v) is 1.77. The molecule has 0 aliphatic carbocycles. The highest BCUT2D eigenvalue weighted by Crippen LogP contribution is 2.17. The quantitative estimate of drug-likeness (QED) is 0.664. The summed E-state index contributed by atoms with van der Waals surface area (Å²) >= 11 is 0. The van der Waals surface area contributed by atoms with Crippen LogP contribution in [0, 0.1) is 0 Å². The van der Waals surface area contributed by atoms with Gasteiger partial charge < -0.3 is 4.98 Å². The van der Waals surface area contributed by atoms with Gasteiger partial charge in [-0.15, -0.1) is 0 Å². The molecule has 0 amide bonds. The fourth-order valence-electron chi connectivity index (χ4n) is 1.23. The van der Waals surface area contributed by atoms with Crippen molar-refractivity contribution in [2.24, 2.45) is 0 Å². The second-order valence-electron chi connectivity index (χ2n) is 2.59. The summed E-state index contributed by atoms with van der Waals surface area (Å²) in [5, 5.41) is 1.18. The van der Waals surface area contributed by atoms with Crippen molar-refractivity contribution in [1.82, 2.24) is 4.98 Å². The molecule has 3 nitrogen and oxygen atoms in total. The van der Waals surface area contributed by atoms with Crippen LogP contribution in [0.5, 0.6) is 0 Å². The van der Waals surface area contributed by atoms with Crippen LogP contribution < -0.4 is 5.48 Å². The van der Waals surface area contributed by atoms with Crippen LogP contribution in [0.25, 0.3) is 10.9 Å². The normalized spacial score (nSPS) is 10.4. The van der Waals surface area contributed by atoms with Crippen LogP contribution in [0.15, 0.2) is 30.5 Å². The van der Waals surface area contributed by atoms with Gasteiger partial charge in [0.1, 0.15) is 0 Å². The van der Waals surface area contributed by atoms with E-state index in [-0.39, 0.29) is 0 Å². The summed E-state index contributed by atoms with van der Waals surface area (Å²) in [7, 11) is 1.60. The van der Waals surface area contributed by atoms with Crippen molar-refractivity contribution < 1.29 is 4.84 Å². The third-order valence-electron chi connectivity index (χ3n) is 1.77. The zero-order valence-electron chi connectivity index (χ0n) is 6.79. The van der Waals surface area contributed by atoms with Crippen LogP contribution in [0.1, 0.15) is 0 Å². The molecule has 0 atom stereocenters. The van der Waals surface area contributed by atoms with Crippen molar-refractivity contribution in [3.8, 4) is 0 Å². The summed E-state index contributed by atoms with van der Waals surface area (Å²) < 4.78 is 0. The smallest absolute Gasteiger partial charge is 0.0636 e. The first kappa shape index (κ1) is 7.18. The van der Waals surface area contributed by atoms with Crippen molar-refractivity contribution >= 4 is 16.6 Å². The molecule has 0 spiro atoms. The van der Waals surface area contributed by atoms with Gasteiger partial charge in [0.2, 0.25) is 0 Å². The molecule has 0 unspecified atom stereocenters. The number of aromatic nitrogens is 1. The average Bonchev–Trinajstić information content (AvgIpc) is 2.51. The van der Waals surface area contributed by atoms with Crippen molar-refractivity contribution in [3.63, 3.8) is 0 Å². The van der Waals surface area contributed by atoms with E-state index in [0.717, 1.165) is 11.2 Å². The molecule has 2 N–H and O–H groups in total. The van der Waals surface area contributed by atoms with Gasteiger partial charge in [-0.25, -0.2) is 0 Å². The Morgan fingerprint density at radius 3 is 3.08 bits per heavy atom. The zero-order chi connectivity index (χ0) is 8.39. The van der Waals surface area contributed by atoms with Gasteiger partial charge in [0.05, 0.1) is 12.8 Å². The predicted molar refractivity (Wildman–Crippen MR) is 48.9 cm³/mol. The minimum absolute atomic E-state index is 0.963. The molecule has 1 aromatic carbocycles. The maximum atomic E-state index is 4.79. The van der Waals surface area contributed by atoms with Crippen LogP contribution in [0.3, 0.4) is 0 Å². The Bertz CT molecular complexity index is 381. The Morgan fingerprint density at radius 2 is 2.25 bits per heavy atom. The van der Waals surface area contributed by atoms with Gasteiger partial charge in [-0.1, -0.05) is 0 Å². The molecule has 3 heteroatoms. The van der Waals surface area contributed by atoms with E-state index in [1.54, 1.807) is 7.11 Å². The molecular formula is C9H10N2O. The Kier molecular flexibility index (Phi) is 1.72. The number of nitrogens with one attached hydrogen (secondary N) is 2. The fraction of sp³-hybridized carbons (Fsp3) is 0.111. The number of anilines is 1. The van der Waals surface area contributed by atoms with Crippen molar-refractivity contribution in [1.29, 1.82) is 0 Å². The fourth-order valence-corrected chi connectivity index (χ4v) is 1.23. The molecule has 2 aromatic rings. The number of hydrogen-bond acceptors (Lipinski definition) is 2. The van der Waals surface area contributed by atoms with Crippen LogP contribution in [-0.4, -0.2) is 12.1 Å². The Hall–Kier alpha value is -1.48. The number of aromatic amines is 1. The monoisotopic (exact) mass is 162 g/mol. The molecule has 1 heterocycles. The minimum atomic E-state index is 0.963. The van der Waals surface area contributed by atoms with Crippen molar-refractivity contribution in [2.45, 2.75) is 0 Å². The number of benzene rings is 1. The lowest BCUT2D eigenvalue weighted by molar-refractivity contribution is 0.271. The van der Waals surface area contributed by atoms with Gasteiger partial charge >= 0.3 is 0 Å². The number of H-pyrrole nitrogens is 1. The second kappa shape index (κ2) is 2.87.